The van der Waals surface area contributed by atoms with Crippen LogP contribution in [-0.2, 0) is 9.84 Å². The summed E-state index contributed by atoms with van der Waals surface area (Å²) in [6.07, 6.45) is 0. The number of pyridine rings is 1. The second-order valence-electron chi connectivity index (χ2n) is 4.75. The molecule has 3 rings (SSSR count). The number of hydrogen-bond donors (Lipinski definition) is 2. The van der Waals surface area contributed by atoms with Crippen LogP contribution in [0.15, 0.2) is 34.1 Å². The molecule has 1 aromatic carbocycles. The first kappa shape index (κ1) is 14.9. The van der Waals surface area contributed by atoms with E-state index in [2.05, 4.69) is 10.3 Å². The van der Waals surface area contributed by atoms with Gasteiger partial charge in [-0.1, -0.05) is 11.6 Å². The topological polar surface area (TPSA) is 79.0 Å². The molecule has 112 valence electrons. The summed E-state index contributed by atoms with van der Waals surface area (Å²) >= 11 is 7.44. The van der Waals surface area contributed by atoms with Gasteiger partial charge in [0.2, 0.25) is 9.84 Å². The van der Waals surface area contributed by atoms with Crippen molar-refractivity contribution in [2.24, 2.45) is 0 Å². The molecule has 0 amide bonds. The third-order valence-electron chi connectivity index (χ3n) is 3.34. The van der Waals surface area contributed by atoms with E-state index in [0.29, 0.717) is 28.2 Å². The van der Waals surface area contributed by atoms with Gasteiger partial charge in [-0.05, 0) is 18.2 Å². The Bertz CT molecular complexity index is 842. The van der Waals surface area contributed by atoms with Crippen molar-refractivity contribution in [2.75, 3.05) is 18.1 Å². The number of nitrogens with one attached hydrogen (secondary N) is 2. The molecule has 2 heterocycles. The van der Waals surface area contributed by atoms with Crippen LogP contribution in [-0.4, -0.2) is 36.8 Å². The molecule has 1 aromatic heterocycles. The number of aromatic amines is 1. The van der Waals surface area contributed by atoms with E-state index in [-0.39, 0.29) is 10.5 Å². The normalized spacial score (nSPS) is 19.8. The van der Waals surface area contributed by atoms with Gasteiger partial charge in [-0.25, -0.2) is 8.42 Å². The fourth-order valence-electron chi connectivity index (χ4n) is 2.24. The summed E-state index contributed by atoms with van der Waals surface area (Å²) in [6.45, 7) is 0.641. The van der Waals surface area contributed by atoms with Gasteiger partial charge >= 0.3 is 0 Å². The second kappa shape index (κ2) is 5.64. The molecule has 1 saturated heterocycles. The van der Waals surface area contributed by atoms with Crippen LogP contribution >= 0.6 is 23.4 Å². The van der Waals surface area contributed by atoms with Crippen LogP contribution in [0.4, 0.5) is 0 Å². The Labute approximate surface area is 131 Å². The van der Waals surface area contributed by atoms with Crippen molar-refractivity contribution in [1.29, 1.82) is 0 Å². The summed E-state index contributed by atoms with van der Waals surface area (Å²) in [5.41, 5.74) is 0.113. The smallest absolute Gasteiger partial charge is 0.210 e. The molecule has 1 aliphatic heterocycles. The molecule has 1 unspecified atom stereocenters. The van der Waals surface area contributed by atoms with E-state index in [0.717, 1.165) is 11.8 Å². The number of halogens is 1. The number of H-pyrrole nitrogens is 1. The molecule has 0 saturated carbocycles. The van der Waals surface area contributed by atoms with Crippen LogP contribution in [0.25, 0.3) is 10.9 Å². The molecule has 0 aliphatic carbocycles. The zero-order chi connectivity index (χ0) is 15.0. The Hall–Kier alpha value is -1.02. The van der Waals surface area contributed by atoms with Gasteiger partial charge in [-0.2, -0.15) is 11.8 Å². The van der Waals surface area contributed by atoms with Crippen LogP contribution in [0, 0.1) is 0 Å². The van der Waals surface area contributed by atoms with E-state index in [1.165, 1.54) is 6.07 Å². The SMILES string of the molecule is O=c1cc(S(=O)(=O)C2CSCCN2)[nH]c2ccc(Cl)cc12. The van der Waals surface area contributed by atoms with Gasteiger partial charge in [0.25, 0.3) is 0 Å². The lowest BCUT2D eigenvalue weighted by molar-refractivity contribution is 0.560. The third-order valence-corrected chi connectivity index (χ3v) is 6.76. The summed E-state index contributed by atoms with van der Waals surface area (Å²) in [7, 11) is -3.61. The molecule has 1 aliphatic rings. The maximum absolute atomic E-state index is 12.6. The monoisotopic (exact) mass is 344 g/mol. The highest BCUT2D eigenvalue weighted by atomic mass is 35.5. The van der Waals surface area contributed by atoms with E-state index >= 15 is 0 Å². The van der Waals surface area contributed by atoms with Gasteiger partial charge in [-0.3, -0.25) is 10.1 Å². The maximum Gasteiger partial charge on any atom is 0.210 e. The minimum absolute atomic E-state index is 0.0534. The van der Waals surface area contributed by atoms with Crippen molar-refractivity contribution in [2.45, 2.75) is 10.4 Å². The van der Waals surface area contributed by atoms with Gasteiger partial charge in [0, 0.05) is 34.5 Å². The Balaban J connectivity index is 2.12. The quantitative estimate of drug-likeness (QED) is 0.865. The summed E-state index contributed by atoms with van der Waals surface area (Å²) in [4.78, 5) is 14.9. The second-order valence-corrected chi connectivity index (χ2v) is 8.44. The molecule has 2 N–H and O–H groups in total. The van der Waals surface area contributed by atoms with E-state index in [9.17, 15) is 13.2 Å². The van der Waals surface area contributed by atoms with Crippen molar-refractivity contribution >= 4 is 44.1 Å². The van der Waals surface area contributed by atoms with Crippen molar-refractivity contribution in [3.8, 4) is 0 Å². The summed E-state index contributed by atoms with van der Waals surface area (Å²) < 4.78 is 25.2. The lowest BCUT2D eigenvalue weighted by Crippen LogP contribution is -2.43. The van der Waals surface area contributed by atoms with Gasteiger partial charge in [0.05, 0.1) is 5.52 Å². The zero-order valence-corrected chi connectivity index (χ0v) is 13.3. The minimum atomic E-state index is -3.61. The van der Waals surface area contributed by atoms with Gasteiger partial charge in [0.1, 0.15) is 10.4 Å². The Morgan fingerprint density at radius 3 is 2.81 bits per heavy atom. The molecular weight excluding hydrogens is 332 g/mol. The number of aromatic nitrogens is 1. The molecule has 1 fully saturated rings. The summed E-state index contributed by atoms with van der Waals surface area (Å²) in [5, 5.41) is 3.08. The average Bonchev–Trinajstić information content (AvgIpc) is 2.48. The molecule has 0 spiro atoms. The van der Waals surface area contributed by atoms with E-state index in [1.54, 1.807) is 23.9 Å². The number of hydrogen-bond acceptors (Lipinski definition) is 5. The predicted octanol–water partition coefficient (Wildman–Crippen LogP) is 1.62. The first-order chi connectivity index (χ1) is 9.98. The van der Waals surface area contributed by atoms with Crippen LogP contribution in [0.2, 0.25) is 5.02 Å². The average molecular weight is 345 g/mol. The van der Waals surface area contributed by atoms with Crippen molar-refractivity contribution in [3.63, 3.8) is 0 Å². The van der Waals surface area contributed by atoms with Crippen LogP contribution in [0.5, 0.6) is 0 Å². The fourth-order valence-corrected chi connectivity index (χ4v) is 5.35. The van der Waals surface area contributed by atoms with E-state index in [4.69, 9.17) is 11.6 Å². The standard InChI is InChI=1S/C13H13ClN2O3S2/c14-8-1-2-10-9(5-8)11(17)6-12(16-10)21(18,19)13-7-20-4-3-15-13/h1-2,5-6,13,15H,3-4,7H2,(H,16,17). The highest BCUT2D eigenvalue weighted by molar-refractivity contribution is 8.01. The Morgan fingerprint density at radius 1 is 1.29 bits per heavy atom. The largest absolute Gasteiger partial charge is 0.345 e. The number of rotatable bonds is 2. The summed E-state index contributed by atoms with van der Waals surface area (Å²) in [6, 6.07) is 5.89. The first-order valence-electron chi connectivity index (χ1n) is 6.36. The molecule has 8 heteroatoms. The predicted molar refractivity (Wildman–Crippen MR) is 85.9 cm³/mol. The fraction of sp³-hybridized carbons (Fsp3) is 0.308. The number of benzene rings is 1. The molecule has 1 atom stereocenters. The van der Waals surface area contributed by atoms with Crippen molar-refractivity contribution < 1.29 is 8.42 Å². The molecule has 21 heavy (non-hydrogen) atoms. The van der Waals surface area contributed by atoms with Crippen LogP contribution in [0.1, 0.15) is 0 Å². The zero-order valence-electron chi connectivity index (χ0n) is 10.9. The first-order valence-corrected chi connectivity index (χ1v) is 9.44. The number of fused-ring (bicyclic) bond motifs is 1. The molecule has 2 aromatic rings. The lowest BCUT2D eigenvalue weighted by Gasteiger charge is -2.23. The molecule has 0 radical (unpaired) electrons. The summed E-state index contributed by atoms with van der Waals surface area (Å²) in [5.74, 6) is 1.36. The lowest BCUT2D eigenvalue weighted by atomic mass is 10.2. The molecule has 5 nitrogen and oxygen atoms in total. The van der Waals surface area contributed by atoms with Gasteiger partial charge in [-0.15, -0.1) is 0 Å². The van der Waals surface area contributed by atoms with Crippen LogP contribution in [0.3, 0.4) is 0 Å². The highest BCUT2D eigenvalue weighted by Crippen LogP contribution is 2.21. The van der Waals surface area contributed by atoms with Crippen molar-refractivity contribution in [3.05, 3.63) is 39.5 Å². The number of thioether (sulfide) groups is 1. The number of sulfone groups is 1. The van der Waals surface area contributed by atoms with E-state index < -0.39 is 15.2 Å². The van der Waals surface area contributed by atoms with Crippen molar-refractivity contribution in [1.82, 2.24) is 10.3 Å². The minimum Gasteiger partial charge on any atom is -0.345 e. The van der Waals surface area contributed by atoms with E-state index in [1.807, 2.05) is 0 Å². The third kappa shape index (κ3) is 2.83. The molecule has 0 bridgehead atoms. The van der Waals surface area contributed by atoms with Gasteiger partial charge < -0.3 is 4.98 Å². The van der Waals surface area contributed by atoms with Gasteiger partial charge in [0.15, 0.2) is 5.43 Å². The van der Waals surface area contributed by atoms with Crippen LogP contribution < -0.4 is 10.7 Å². The Morgan fingerprint density at radius 2 is 2.10 bits per heavy atom. The Kier molecular flexibility index (Phi) is 4.00. The highest BCUT2D eigenvalue weighted by Gasteiger charge is 2.30. The molecular formula is C13H13ClN2O3S2. The maximum atomic E-state index is 12.6.